The minimum atomic E-state index is -1.33. The van der Waals surface area contributed by atoms with Gasteiger partial charge in [0.05, 0.1) is 18.4 Å². The molecule has 31 heavy (non-hydrogen) atoms. The molecule has 4 rings (SSSR count). The van der Waals surface area contributed by atoms with Crippen LogP contribution in [0.5, 0.6) is 0 Å². The van der Waals surface area contributed by atoms with Crippen molar-refractivity contribution in [1.29, 1.82) is 0 Å². The fraction of sp³-hybridized carbons (Fsp3) is 0.522. The number of aliphatic carboxylic acids is 1. The van der Waals surface area contributed by atoms with Gasteiger partial charge in [-0.15, -0.1) is 0 Å². The lowest BCUT2D eigenvalue weighted by molar-refractivity contribution is -0.198. The predicted octanol–water partition coefficient (Wildman–Crippen LogP) is 3.11. The number of carboxylic acid groups (broad SMARTS) is 1. The predicted molar refractivity (Wildman–Crippen MR) is 108 cm³/mol. The number of nitrogens with two attached hydrogens (primary N) is 1. The molecule has 0 radical (unpaired) electrons. The summed E-state index contributed by atoms with van der Waals surface area (Å²) in [5.74, 6) is -3.45. The molecule has 8 heteroatoms. The average Bonchev–Trinajstić information content (AvgIpc) is 3.20. The van der Waals surface area contributed by atoms with Crippen LogP contribution < -0.4 is 5.73 Å². The Bertz CT molecular complexity index is 996. The van der Waals surface area contributed by atoms with E-state index in [4.69, 9.17) is 19.6 Å². The van der Waals surface area contributed by atoms with Gasteiger partial charge in [0.1, 0.15) is 17.4 Å². The van der Waals surface area contributed by atoms with Crippen molar-refractivity contribution in [3.05, 3.63) is 48.1 Å². The zero-order valence-electron chi connectivity index (χ0n) is 17.8. The van der Waals surface area contributed by atoms with Crippen LogP contribution in [0, 0.1) is 22.7 Å². The molecule has 0 spiro atoms. The number of esters is 2. The van der Waals surface area contributed by atoms with Crippen LogP contribution >= 0.6 is 0 Å². The number of carboxylic acids is 1. The molecule has 1 aromatic heterocycles. The number of carbonyl (C=O) groups excluding carboxylic acids is 2. The van der Waals surface area contributed by atoms with Crippen LogP contribution in [-0.2, 0) is 23.9 Å². The van der Waals surface area contributed by atoms with Gasteiger partial charge >= 0.3 is 17.9 Å². The Balaban J connectivity index is 1.87. The lowest BCUT2D eigenvalue weighted by Crippen LogP contribution is -2.72. The van der Waals surface area contributed by atoms with E-state index in [0.29, 0.717) is 24.0 Å². The number of allylic oxidation sites excluding steroid dienone is 1. The first-order valence-electron chi connectivity index (χ1n) is 10.3. The van der Waals surface area contributed by atoms with Gasteiger partial charge in [-0.05, 0) is 42.4 Å². The minimum absolute atomic E-state index is 0.131. The van der Waals surface area contributed by atoms with Gasteiger partial charge in [-0.2, -0.15) is 0 Å². The molecule has 3 N–H and O–H groups in total. The Hall–Kier alpha value is -2.87. The molecular formula is C23H27NO7. The third kappa shape index (κ3) is 2.88. The van der Waals surface area contributed by atoms with Gasteiger partial charge < -0.3 is 24.7 Å². The number of furan rings is 1. The van der Waals surface area contributed by atoms with Gasteiger partial charge in [-0.3, -0.25) is 14.4 Å². The molecule has 2 fully saturated rings. The molecule has 2 aliphatic carbocycles. The standard InChI is InChI=1S/C23H27NO7/c1-12-16(30-13(2)25)9-15(19(26)27)21(3)6-7-23(24)20(28)31-17(14-5-8-29-11-14)10-22(23,4)18(12)21/h5,8-9,11,15,17-18H,1,6-7,10,24H2,2-4H3,(H,26,27)/t15-,17?,18?,21-,22+,23?/m0/s1. The lowest BCUT2D eigenvalue weighted by atomic mass is 9.41. The van der Waals surface area contributed by atoms with E-state index in [2.05, 4.69) is 6.58 Å². The molecule has 0 aromatic carbocycles. The van der Waals surface area contributed by atoms with E-state index < -0.39 is 52.2 Å². The van der Waals surface area contributed by atoms with Gasteiger partial charge in [0.15, 0.2) is 0 Å². The number of fused-ring (bicyclic) bond motifs is 3. The Morgan fingerprint density at radius 3 is 2.61 bits per heavy atom. The van der Waals surface area contributed by atoms with Gasteiger partial charge in [-0.1, -0.05) is 20.4 Å². The molecule has 1 aliphatic heterocycles. The second kappa shape index (κ2) is 6.82. The second-order valence-corrected chi connectivity index (χ2v) is 9.45. The van der Waals surface area contributed by atoms with Gasteiger partial charge in [0.25, 0.3) is 0 Å². The summed E-state index contributed by atoms with van der Waals surface area (Å²) in [7, 11) is 0. The highest BCUT2D eigenvalue weighted by molar-refractivity contribution is 5.84. The molecule has 166 valence electrons. The van der Waals surface area contributed by atoms with Crippen LogP contribution in [0.15, 0.2) is 47.0 Å². The first kappa shape index (κ1) is 21.4. The quantitative estimate of drug-likeness (QED) is 0.701. The van der Waals surface area contributed by atoms with Gasteiger partial charge in [-0.25, -0.2) is 0 Å². The number of cyclic esters (lactones) is 1. The molecule has 0 amide bonds. The summed E-state index contributed by atoms with van der Waals surface area (Å²) < 4.78 is 16.2. The van der Waals surface area contributed by atoms with Crippen molar-refractivity contribution in [3.8, 4) is 0 Å². The van der Waals surface area contributed by atoms with Crippen molar-refractivity contribution in [3.63, 3.8) is 0 Å². The SMILES string of the molecule is C=C1C(OC(C)=O)=C[C@@H](C(=O)O)[C@]2(C)CCC3(N)C(=O)OC(c4ccoc4)C[C@]3(C)C12. The largest absolute Gasteiger partial charge is 0.481 e. The van der Waals surface area contributed by atoms with Crippen LogP contribution in [-0.4, -0.2) is 28.6 Å². The smallest absolute Gasteiger partial charge is 0.327 e. The zero-order chi connectivity index (χ0) is 22.8. The summed E-state index contributed by atoms with van der Waals surface area (Å²) in [6.07, 6.45) is 4.91. The van der Waals surface area contributed by atoms with Crippen LogP contribution in [0.25, 0.3) is 0 Å². The third-order valence-electron chi connectivity index (χ3n) is 7.72. The molecule has 8 nitrogen and oxygen atoms in total. The van der Waals surface area contributed by atoms with E-state index in [0.717, 1.165) is 0 Å². The summed E-state index contributed by atoms with van der Waals surface area (Å²) in [4.78, 5) is 37.2. The van der Waals surface area contributed by atoms with Crippen LogP contribution in [0.1, 0.15) is 51.7 Å². The topological polar surface area (TPSA) is 129 Å². The average molecular weight is 429 g/mol. The summed E-state index contributed by atoms with van der Waals surface area (Å²) >= 11 is 0. The first-order valence-corrected chi connectivity index (χ1v) is 10.3. The number of rotatable bonds is 3. The fourth-order valence-electron chi connectivity index (χ4n) is 6.14. The van der Waals surface area contributed by atoms with E-state index >= 15 is 0 Å². The normalized spacial score (nSPS) is 39.6. The van der Waals surface area contributed by atoms with Crippen molar-refractivity contribution >= 4 is 17.9 Å². The molecule has 1 aromatic rings. The number of hydrogen-bond donors (Lipinski definition) is 2. The van der Waals surface area contributed by atoms with Crippen LogP contribution in [0.2, 0.25) is 0 Å². The minimum Gasteiger partial charge on any atom is -0.481 e. The van der Waals surface area contributed by atoms with E-state index in [1.165, 1.54) is 25.5 Å². The highest BCUT2D eigenvalue weighted by Gasteiger charge is 2.69. The van der Waals surface area contributed by atoms with Gasteiger partial charge in [0, 0.05) is 23.8 Å². The summed E-state index contributed by atoms with van der Waals surface area (Å²) in [5.41, 5.74) is 4.92. The third-order valence-corrected chi connectivity index (χ3v) is 7.72. The fourth-order valence-corrected chi connectivity index (χ4v) is 6.14. The number of carbonyl (C=O) groups is 3. The van der Waals surface area contributed by atoms with Crippen molar-refractivity contribution < 1.29 is 33.4 Å². The summed E-state index contributed by atoms with van der Waals surface area (Å²) in [6, 6.07) is 1.73. The molecule has 1 saturated carbocycles. The molecule has 1 saturated heterocycles. The number of ether oxygens (including phenoxy) is 2. The maximum atomic E-state index is 13.2. The molecule has 6 atom stereocenters. The molecule has 0 bridgehead atoms. The summed E-state index contributed by atoms with van der Waals surface area (Å²) in [6.45, 7) is 9.22. The van der Waals surface area contributed by atoms with Crippen molar-refractivity contribution in [2.24, 2.45) is 28.4 Å². The molecule has 3 unspecified atom stereocenters. The van der Waals surface area contributed by atoms with E-state index in [1.807, 2.05) is 13.8 Å². The monoisotopic (exact) mass is 429 g/mol. The maximum Gasteiger partial charge on any atom is 0.327 e. The molecular weight excluding hydrogens is 402 g/mol. The van der Waals surface area contributed by atoms with E-state index in [9.17, 15) is 19.5 Å². The van der Waals surface area contributed by atoms with Crippen molar-refractivity contribution in [1.82, 2.24) is 0 Å². The lowest BCUT2D eigenvalue weighted by Gasteiger charge is -2.64. The molecule has 3 aliphatic rings. The zero-order valence-corrected chi connectivity index (χ0v) is 17.8. The van der Waals surface area contributed by atoms with Crippen LogP contribution in [0.4, 0.5) is 0 Å². The Morgan fingerprint density at radius 2 is 2.03 bits per heavy atom. The van der Waals surface area contributed by atoms with E-state index in [-0.39, 0.29) is 12.2 Å². The molecule has 2 heterocycles. The van der Waals surface area contributed by atoms with Crippen molar-refractivity contribution in [2.75, 3.05) is 0 Å². The highest BCUT2D eigenvalue weighted by atomic mass is 16.6. The highest BCUT2D eigenvalue weighted by Crippen LogP contribution is 2.67. The number of hydrogen-bond acceptors (Lipinski definition) is 7. The first-order chi connectivity index (χ1) is 14.4. The van der Waals surface area contributed by atoms with Crippen LogP contribution in [0.3, 0.4) is 0 Å². The van der Waals surface area contributed by atoms with Gasteiger partial charge in [0.2, 0.25) is 0 Å². The van der Waals surface area contributed by atoms with Crippen molar-refractivity contribution in [2.45, 2.75) is 51.7 Å². The Kier molecular flexibility index (Phi) is 4.70. The second-order valence-electron chi connectivity index (χ2n) is 9.45. The van der Waals surface area contributed by atoms with E-state index in [1.54, 1.807) is 6.07 Å². The maximum absolute atomic E-state index is 13.2. The Labute approximate surface area is 180 Å². The summed E-state index contributed by atoms with van der Waals surface area (Å²) in [5, 5.41) is 10.0. The Morgan fingerprint density at radius 1 is 1.32 bits per heavy atom.